The lowest BCUT2D eigenvalue weighted by molar-refractivity contribution is -0.120. The van der Waals surface area contributed by atoms with Gasteiger partial charge in [0.25, 0.3) is 0 Å². The van der Waals surface area contributed by atoms with E-state index in [9.17, 15) is 9.59 Å². The fraction of sp³-hybridized carbons (Fsp3) is 0.500. The lowest BCUT2D eigenvalue weighted by atomic mass is 10.0. The van der Waals surface area contributed by atoms with Gasteiger partial charge in [-0.15, -0.1) is 12.4 Å². The Hall–Kier alpha value is -1.59. The summed E-state index contributed by atoms with van der Waals surface area (Å²) in [7, 11) is 0. The number of rotatable bonds is 6. The molecule has 1 rings (SSSR count). The van der Waals surface area contributed by atoms with Crippen LogP contribution in [0.4, 0.5) is 11.4 Å². The smallest absolute Gasteiger partial charge is 0.228 e. The Bertz CT molecular complexity index is 487. The van der Waals surface area contributed by atoms with Crippen LogP contribution in [0, 0.1) is 11.8 Å². The van der Waals surface area contributed by atoms with Crippen molar-refractivity contribution < 1.29 is 9.59 Å². The molecule has 0 aliphatic rings. The van der Waals surface area contributed by atoms with Crippen molar-refractivity contribution in [1.29, 1.82) is 0 Å². The Morgan fingerprint density at radius 3 is 1.86 bits per heavy atom. The van der Waals surface area contributed by atoms with Gasteiger partial charge in [0.1, 0.15) is 0 Å². The summed E-state index contributed by atoms with van der Waals surface area (Å²) in [5.74, 6) is -0.0484. The summed E-state index contributed by atoms with van der Waals surface area (Å²) in [5, 5.41) is 5.63. The van der Waals surface area contributed by atoms with Gasteiger partial charge >= 0.3 is 0 Å². The van der Waals surface area contributed by atoms with E-state index < -0.39 is 0 Å². The molecule has 2 amide bonds. The minimum absolute atomic E-state index is 0. The van der Waals surface area contributed by atoms with E-state index in [1.807, 2.05) is 13.8 Å². The number of halogens is 1. The van der Waals surface area contributed by atoms with Crippen LogP contribution >= 0.6 is 12.4 Å². The first-order valence-electron chi connectivity index (χ1n) is 7.26. The predicted molar refractivity (Wildman–Crippen MR) is 93.2 cm³/mol. The number of benzene rings is 1. The maximum absolute atomic E-state index is 11.9. The van der Waals surface area contributed by atoms with E-state index in [2.05, 4.69) is 10.6 Å². The van der Waals surface area contributed by atoms with Gasteiger partial charge in [0.05, 0.1) is 5.92 Å². The number of nitrogens with two attached hydrogens (primary N) is 1. The molecule has 2 atom stereocenters. The summed E-state index contributed by atoms with van der Waals surface area (Å²) < 4.78 is 0. The molecular weight excluding hydrogens is 302 g/mol. The van der Waals surface area contributed by atoms with Crippen molar-refractivity contribution in [3.63, 3.8) is 0 Å². The first kappa shape index (κ1) is 20.4. The lowest BCUT2D eigenvalue weighted by Gasteiger charge is -2.15. The van der Waals surface area contributed by atoms with Crippen molar-refractivity contribution >= 4 is 35.6 Å². The number of anilines is 2. The third kappa shape index (κ3) is 6.91. The lowest BCUT2D eigenvalue weighted by Crippen LogP contribution is -2.34. The maximum Gasteiger partial charge on any atom is 0.228 e. The fourth-order valence-electron chi connectivity index (χ4n) is 1.71. The van der Waals surface area contributed by atoms with Gasteiger partial charge in [-0.3, -0.25) is 9.59 Å². The Kier molecular flexibility index (Phi) is 8.75. The minimum Gasteiger partial charge on any atom is -0.327 e. The molecule has 4 N–H and O–H groups in total. The van der Waals surface area contributed by atoms with Gasteiger partial charge in [-0.2, -0.15) is 0 Å². The first-order valence-corrected chi connectivity index (χ1v) is 7.26. The molecule has 6 heteroatoms. The summed E-state index contributed by atoms with van der Waals surface area (Å²) >= 11 is 0. The molecule has 0 heterocycles. The van der Waals surface area contributed by atoms with E-state index in [-0.39, 0.29) is 36.2 Å². The number of carbonyl (C=O) groups is 2. The summed E-state index contributed by atoms with van der Waals surface area (Å²) in [6.45, 7) is 7.59. The van der Waals surface area contributed by atoms with Crippen LogP contribution in [0.25, 0.3) is 0 Å². The maximum atomic E-state index is 11.9. The van der Waals surface area contributed by atoms with Crippen molar-refractivity contribution in [2.45, 2.75) is 40.2 Å². The molecule has 0 spiro atoms. The first-order chi connectivity index (χ1) is 9.79. The van der Waals surface area contributed by atoms with E-state index in [1.165, 1.54) is 0 Å². The average molecular weight is 328 g/mol. The Morgan fingerprint density at radius 1 is 1.00 bits per heavy atom. The molecule has 0 bridgehead atoms. The SMILES string of the molecule is CC(C)CC(=O)Nc1ccc(NC(=O)C(C)C(C)N)cc1.Cl. The van der Waals surface area contributed by atoms with Gasteiger partial charge in [0, 0.05) is 23.8 Å². The van der Waals surface area contributed by atoms with Crippen LogP contribution in [0.2, 0.25) is 0 Å². The van der Waals surface area contributed by atoms with E-state index in [0.717, 1.165) is 5.69 Å². The molecule has 0 saturated heterocycles. The van der Waals surface area contributed by atoms with Gasteiger partial charge < -0.3 is 16.4 Å². The second kappa shape index (κ2) is 9.43. The fourth-order valence-corrected chi connectivity index (χ4v) is 1.71. The van der Waals surface area contributed by atoms with Gasteiger partial charge in [-0.05, 0) is 37.1 Å². The van der Waals surface area contributed by atoms with E-state index in [1.54, 1.807) is 38.1 Å². The molecule has 0 aromatic heterocycles. The number of nitrogens with one attached hydrogen (secondary N) is 2. The highest BCUT2D eigenvalue weighted by atomic mass is 35.5. The molecule has 22 heavy (non-hydrogen) atoms. The molecule has 124 valence electrons. The summed E-state index contributed by atoms with van der Waals surface area (Å²) in [6.07, 6.45) is 0.490. The number of hydrogen-bond donors (Lipinski definition) is 3. The second-order valence-electron chi connectivity index (χ2n) is 5.86. The topological polar surface area (TPSA) is 84.2 Å². The Balaban J connectivity index is 0.00000441. The molecule has 2 unspecified atom stereocenters. The zero-order chi connectivity index (χ0) is 16.0. The average Bonchev–Trinajstić information content (AvgIpc) is 2.38. The summed E-state index contributed by atoms with van der Waals surface area (Å²) in [4.78, 5) is 23.5. The quantitative estimate of drug-likeness (QED) is 0.751. The Morgan fingerprint density at radius 2 is 1.45 bits per heavy atom. The molecule has 0 fully saturated rings. The van der Waals surface area contributed by atoms with Crippen molar-refractivity contribution in [3.05, 3.63) is 24.3 Å². The third-order valence-electron chi connectivity index (χ3n) is 3.23. The third-order valence-corrected chi connectivity index (χ3v) is 3.23. The van der Waals surface area contributed by atoms with Crippen LogP contribution in [0.1, 0.15) is 34.1 Å². The van der Waals surface area contributed by atoms with E-state index in [0.29, 0.717) is 18.0 Å². The molecule has 0 aliphatic carbocycles. The number of hydrogen-bond acceptors (Lipinski definition) is 3. The van der Waals surface area contributed by atoms with E-state index in [4.69, 9.17) is 5.73 Å². The normalized spacial score (nSPS) is 13.0. The predicted octanol–water partition coefficient (Wildman–Crippen LogP) is 3.01. The van der Waals surface area contributed by atoms with Crippen LogP contribution in [0.5, 0.6) is 0 Å². The van der Waals surface area contributed by atoms with Gasteiger partial charge in [-0.1, -0.05) is 20.8 Å². The van der Waals surface area contributed by atoms with Gasteiger partial charge in [0.2, 0.25) is 11.8 Å². The van der Waals surface area contributed by atoms with Crippen molar-refractivity contribution in [2.24, 2.45) is 17.6 Å². The molecule has 0 saturated carbocycles. The zero-order valence-corrected chi connectivity index (χ0v) is 14.4. The van der Waals surface area contributed by atoms with Crippen molar-refractivity contribution in [3.8, 4) is 0 Å². The van der Waals surface area contributed by atoms with Crippen molar-refractivity contribution in [1.82, 2.24) is 0 Å². The highest BCUT2D eigenvalue weighted by Crippen LogP contribution is 2.15. The van der Waals surface area contributed by atoms with Crippen LogP contribution in [-0.2, 0) is 9.59 Å². The van der Waals surface area contributed by atoms with Crippen molar-refractivity contribution in [2.75, 3.05) is 10.6 Å². The largest absolute Gasteiger partial charge is 0.327 e. The molecule has 1 aromatic carbocycles. The monoisotopic (exact) mass is 327 g/mol. The summed E-state index contributed by atoms with van der Waals surface area (Å²) in [5.41, 5.74) is 7.11. The van der Waals surface area contributed by atoms with Gasteiger partial charge in [0.15, 0.2) is 0 Å². The minimum atomic E-state index is -0.254. The number of amides is 2. The molecular formula is C16H26ClN3O2. The standard InChI is InChI=1S/C16H25N3O2.ClH/c1-10(2)9-15(20)18-13-5-7-14(8-6-13)19-16(21)11(3)12(4)17;/h5-8,10-12H,9,17H2,1-4H3,(H,18,20)(H,19,21);1H. The molecule has 0 radical (unpaired) electrons. The van der Waals surface area contributed by atoms with Crippen LogP contribution < -0.4 is 16.4 Å². The van der Waals surface area contributed by atoms with E-state index >= 15 is 0 Å². The highest BCUT2D eigenvalue weighted by Gasteiger charge is 2.16. The van der Waals surface area contributed by atoms with Crippen LogP contribution in [-0.4, -0.2) is 17.9 Å². The van der Waals surface area contributed by atoms with Gasteiger partial charge in [-0.25, -0.2) is 0 Å². The zero-order valence-electron chi connectivity index (χ0n) is 13.6. The summed E-state index contributed by atoms with van der Waals surface area (Å²) in [6, 6.07) is 6.86. The Labute approximate surface area is 138 Å². The van der Waals surface area contributed by atoms with Crippen LogP contribution in [0.3, 0.4) is 0 Å². The highest BCUT2D eigenvalue weighted by molar-refractivity contribution is 5.94. The molecule has 5 nitrogen and oxygen atoms in total. The molecule has 1 aromatic rings. The van der Waals surface area contributed by atoms with Crippen LogP contribution in [0.15, 0.2) is 24.3 Å². The number of carbonyl (C=O) groups excluding carboxylic acids is 2. The second-order valence-corrected chi connectivity index (χ2v) is 5.86. The molecule has 0 aliphatic heterocycles.